The minimum Gasteiger partial charge on any atom is -0.0871 e. The maximum absolute atomic E-state index is 5.54. The van der Waals surface area contributed by atoms with Gasteiger partial charge in [-0.1, -0.05) is 34.8 Å². The third-order valence-corrected chi connectivity index (χ3v) is 2.09. The van der Waals surface area contributed by atoms with Gasteiger partial charge in [-0.2, -0.15) is 0 Å². The molecule has 0 aromatic carbocycles. The SMILES string of the molecule is ClC1=[C]CC(Cl)=C1Cl. The van der Waals surface area contributed by atoms with Crippen LogP contribution in [0.2, 0.25) is 0 Å². The van der Waals surface area contributed by atoms with Crippen LogP contribution in [0.1, 0.15) is 6.42 Å². The van der Waals surface area contributed by atoms with Crippen LogP contribution in [0.25, 0.3) is 0 Å². The van der Waals surface area contributed by atoms with Crippen molar-refractivity contribution >= 4 is 34.8 Å². The van der Waals surface area contributed by atoms with Crippen LogP contribution in [0.5, 0.6) is 0 Å². The zero-order valence-electron chi connectivity index (χ0n) is 3.84. The quantitative estimate of drug-likeness (QED) is 0.522. The first kappa shape index (κ1) is 6.47. The van der Waals surface area contributed by atoms with Gasteiger partial charge in [0, 0.05) is 11.5 Å². The third kappa shape index (κ3) is 1.02. The van der Waals surface area contributed by atoms with Crippen LogP contribution >= 0.6 is 34.8 Å². The maximum atomic E-state index is 5.54. The van der Waals surface area contributed by atoms with E-state index >= 15 is 0 Å². The van der Waals surface area contributed by atoms with E-state index in [1.54, 1.807) is 0 Å². The van der Waals surface area contributed by atoms with Gasteiger partial charge in [0.2, 0.25) is 0 Å². The van der Waals surface area contributed by atoms with Crippen LogP contribution in [0.4, 0.5) is 0 Å². The molecule has 0 amide bonds. The molecule has 0 N–H and O–H groups in total. The summed E-state index contributed by atoms with van der Waals surface area (Å²) in [5.41, 5.74) is 0. The van der Waals surface area contributed by atoms with Crippen molar-refractivity contribution in [3.63, 3.8) is 0 Å². The van der Waals surface area contributed by atoms with E-state index in [9.17, 15) is 0 Å². The second-order valence-electron chi connectivity index (χ2n) is 1.39. The standard InChI is InChI=1S/C5H2Cl3/c6-3-1-2-4(7)5(3)8/h1H2. The van der Waals surface area contributed by atoms with E-state index < -0.39 is 0 Å². The van der Waals surface area contributed by atoms with Crippen LogP contribution < -0.4 is 0 Å². The number of rotatable bonds is 0. The highest BCUT2D eigenvalue weighted by atomic mass is 35.5. The molecule has 0 aromatic heterocycles. The molecule has 0 nitrogen and oxygen atoms in total. The largest absolute Gasteiger partial charge is 0.0871 e. The molecule has 3 heteroatoms. The van der Waals surface area contributed by atoms with Gasteiger partial charge in [-0.3, -0.25) is 0 Å². The lowest BCUT2D eigenvalue weighted by Crippen LogP contribution is -1.64. The Morgan fingerprint density at radius 2 is 1.88 bits per heavy atom. The first-order valence-corrected chi connectivity index (χ1v) is 3.16. The molecule has 0 fully saturated rings. The zero-order valence-corrected chi connectivity index (χ0v) is 6.11. The first-order valence-electron chi connectivity index (χ1n) is 2.02. The molecule has 0 aromatic rings. The van der Waals surface area contributed by atoms with E-state index in [1.807, 2.05) is 0 Å². The van der Waals surface area contributed by atoms with Crippen LogP contribution in [-0.4, -0.2) is 0 Å². The van der Waals surface area contributed by atoms with Crippen molar-refractivity contribution < 1.29 is 0 Å². The lowest BCUT2D eigenvalue weighted by atomic mass is 10.5. The number of allylic oxidation sites excluding steroid dienone is 4. The van der Waals surface area contributed by atoms with E-state index in [-0.39, 0.29) is 0 Å². The molecule has 0 saturated carbocycles. The van der Waals surface area contributed by atoms with Gasteiger partial charge in [-0.15, -0.1) is 0 Å². The summed E-state index contributed by atoms with van der Waals surface area (Å²) in [5, 5.41) is 1.46. The summed E-state index contributed by atoms with van der Waals surface area (Å²) in [4.78, 5) is 0. The summed E-state index contributed by atoms with van der Waals surface area (Å²) in [6, 6.07) is 0. The third-order valence-electron chi connectivity index (χ3n) is 0.830. The lowest BCUT2D eigenvalue weighted by Gasteiger charge is -1.86. The van der Waals surface area contributed by atoms with Crippen LogP contribution in [-0.2, 0) is 0 Å². The minimum atomic E-state index is 0.438. The molecule has 0 aliphatic heterocycles. The fourth-order valence-corrected chi connectivity index (χ4v) is 0.954. The van der Waals surface area contributed by atoms with Gasteiger partial charge in [0.25, 0.3) is 0 Å². The van der Waals surface area contributed by atoms with Crippen molar-refractivity contribution in [3.8, 4) is 0 Å². The van der Waals surface area contributed by atoms with Crippen LogP contribution in [0.3, 0.4) is 0 Å². The molecule has 1 radical (unpaired) electrons. The van der Waals surface area contributed by atoms with Gasteiger partial charge in [-0.05, 0) is 6.08 Å². The van der Waals surface area contributed by atoms with Crippen molar-refractivity contribution in [2.45, 2.75) is 6.42 Å². The van der Waals surface area contributed by atoms with Crippen molar-refractivity contribution in [1.82, 2.24) is 0 Å². The van der Waals surface area contributed by atoms with Crippen molar-refractivity contribution in [3.05, 3.63) is 21.2 Å². The molecular formula is C5H2Cl3. The van der Waals surface area contributed by atoms with Gasteiger partial charge in [-0.25, -0.2) is 0 Å². The summed E-state index contributed by atoms with van der Waals surface area (Å²) in [7, 11) is 0. The second kappa shape index (κ2) is 2.30. The average Bonchev–Trinajstić information content (AvgIpc) is 1.98. The zero-order chi connectivity index (χ0) is 6.15. The van der Waals surface area contributed by atoms with Gasteiger partial charge in [0.05, 0.1) is 10.1 Å². The van der Waals surface area contributed by atoms with Gasteiger partial charge >= 0.3 is 0 Å². The lowest BCUT2D eigenvalue weighted by molar-refractivity contribution is 1.36. The first-order chi connectivity index (χ1) is 3.72. The molecule has 0 saturated heterocycles. The van der Waals surface area contributed by atoms with Gasteiger partial charge in [0.15, 0.2) is 0 Å². The summed E-state index contributed by atoms with van der Waals surface area (Å²) in [6.45, 7) is 0. The van der Waals surface area contributed by atoms with Crippen LogP contribution in [0, 0.1) is 6.08 Å². The number of halogens is 3. The normalized spacial score (nSPS) is 19.6. The van der Waals surface area contributed by atoms with Gasteiger partial charge < -0.3 is 0 Å². The van der Waals surface area contributed by atoms with E-state index in [4.69, 9.17) is 34.8 Å². The van der Waals surface area contributed by atoms with Crippen molar-refractivity contribution in [2.75, 3.05) is 0 Å². The Morgan fingerprint density at radius 3 is 2.00 bits per heavy atom. The average molecular weight is 168 g/mol. The maximum Gasteiger partial charge on any atom is 0.0743 e. The second-order valence-corrected chi connectivity index (χ2v) is 2.60. The smallest absolute Gasteiger partial charge is 0.0743 e. The molecule has 1 aliphatic rings. The Bertz CT molecular complexity index is 161. The Labute approximate surface area is 62.7 Å². The van der Waals surface area contributed by atoms with E-state index in [0.29, 0.717) is 21.5 Å². The Hall–Kier alpha value is 0.350. The predicted octanol–water partition coefficient (Wildman–Crippen LogP) is 3.01. The summed E-state index contributed by atoms with van der Waals surface area (Å²) >= 11 is 16.6. The molecule has 0 spiro atoms. The van der Waals surface area contributed by atoms with Crippen molar-refractivity contribution in [1.29, 1.82) is 0 Å². The van der Waals surface area contributed by atoms with Crippen molar-refractivity contribution in [2.24, 2.45) is 0 Å². The fraction of sp³-hybridized carbons (Fsp3) is 0.200. The van der Waals surface area contributed by atoms with E-state index in [1.165, 1.54) is 0 Å². The van der Waals surface area contributed by atoms with E-state index in [2.05, 4.69) is 6.08 Å². The number of hydrogen-bond acceptors (Lipinski definition) is 0. The van der Waals surface area contributed by atoms with E-state index in [0.717, 1.165) is 0 Å². The molecule has 8 heavy (non-hydrogen) atoms. The molecule has 0 heterocycles. The molecule has 1 rings (SSSR count). The predicted molar refractivity (Wildman–Crippen MR) is 36.0 cm³/mol. The van der Waals surface area contributed by atoms with Gasteiger partial charge in [0.1, 0.15) is 0 Å². The highest BCUT2D eigenvalue weighted by Gasteiger charge is 2.11. The minimum absolute atomic E-state index is 0.438. The topological polar surface area (TPSA) is 0 Å². The highest BCUT2D eigenvalue weighted by Crippen LogP contribution is 2.32. The Balaban J connectivity index is 2.88. The molecule has 43 valence electrons. The molecule has 0 bridgehead atoms. The summed E-state index contributed by atoms with van der Waals surface area (Å²) in [6.07, 6.45) is 3.32. The highest BCUT2D eigenvalue weighted by molar-refractivity contribution is 6.48. The summed E-state index contributed by atoms with van der Waals surface area (Å²) < 4.78 is 0. The Morgan fingerprint density at radius 1 is 1.25 bits per heavy atom. The molecule has 0 atom stereocenters. The summed E-state index contributed by atoms with van der Waals surface area (Å²) in [5.74, 6) is 0. The van der Waals surface area contributed by atoms with Crippen LogP contribution in [0.15, 0.2) is 15.1 Å². The molecule has 1 aliphatic carbocycles. The monoisotopic (exact) mass is 167 g/mol. The number of hydrogen-bond donors (Lipinski definition) is 0. The fourth-order valence-electron chi connectivity index (χ4n) is 0.429. The molecule has 0 unspecified atom stereocenters. The Kier molecular flexibility index (Phi) is 1.86. The molecular weight excluding hydrogens is 166 g/mol.